The Morgan fingerprint density at radius 3 is 2.85 bits per heavy atom. The Labute approximate surface area is 126 Å². The fourth-order valence-electron chi connectivity index (χ4n) is 2.10. The van der Waals surface area contributed by atoms with Crippen LogP contribution >= 0.6 is 23.2 Å². The van der Waals surface area contributed by atoms with Gasteiger partial charge in [0.25, 0.3) is 0 Å². The molecule has 1 aliphatic rings. The highest BCUT2D eigenvalue weighted by Crippen LogP contribution is 2.41. The molecule has 0 aromatic heterocycles. The molecular formula is C13H14Cl2FNO3. The predicted molar refractivity (Wildman–Crippen MR) is 74.1 cm³/mol. The highest BCUT2D eigenvalue weighted by molar-refractivity contribution is 6.31. The van der Waals surface area contributed by atoms with Crippen molar-refractivity contribution in [1.29, 1.82) is 0 Å². The Morgan fingerprint density at radius 1 is 1.65 bits per heavy atom. The minimum absolute atomic E-state index is 0.0201. The molecule has 1 heterocycles. The van der Waals surface area contributed by atoms with Crippen molar-refractivity contribution in [2.75, 3.05) is 13.2 Å². The Balaban J connectivity index is 2.59. The largest absolute Gasteiger partial charge is 0.493 e. The zero-order chi connectivity index (χ0) is 14.9. The number of carbonyl (C=O) groups is 1. The molecule has 2 rings (SSSR count). The molecule has 2 unspecified atom stereocenters. The number of hydrogen-bond donors (Lipinski definition) is 1. The van der Waals surface area contributed by atoms with Crippen LogP contribution in [0.5, 0.6) is 5.75 Å². The molecule has 1 aromatic carbocycles. The fourth-order valence-corrected chi connectivity index (χ4v) is 2.48. The quantitative estimate of drug-likeness (QED) is 0.854. The van der Waals surface area contributed by atoms with Crippen LogP contribution in [-0.2, 0) is 4.74 Å². The number of ether oxygens (including phenoxy) is 2. The summed E-state index contributed by atoms with van der Waals surface area (Å²) in [7, 11) is 0. The molecule has 110 valence electrons. The number of benzene rings is 1. The second-order valence-electron chi connectivity index (χ2n) is 4.35. The Hall–Kier alpha value is -1.20. The molecule has 0 spiro atoms. The van der Waals surface area contributed by atoms with Gasteiger partial charge < -0.3 is 14.8 Å². The van der Waals surface area contributed by atoms with Crippen LogP contribution in [0.3, 0.4) is 0 Å². The smallest absolute Gasteiger partial charge is 0.407 e. The number of carbonyl (C=O) groups excluding carboxylic acids is 1. The van der Waals surface area contributed by atoms with Crippen LogP contribution in [0.2, 0.25) is 5.02 Å². The van der Waals surface area contributed by atoms with E-state index in [0.717, 1.165) is 0 Å². The number of hydrogen-bond acceptors (Lipinski definition) is 3. The molecule has 7 heteroatoms. The van der Waals surface area contributed by atoms with E-state index in [1.807, 2.05) is 0 Å². The van der Waals surface area contributed by atoms with Crippen LogP contribution in [0.15, 0.2) is 6.07 Å². The molecule has 1 aliphatic heterocycles. The molecule has 1 saturated heterocycles. The van der Waals surface area contributed by atoms with Crippen LogP contribution in [-0.4, -0.2) is 19.3 Å². The van der Waals surface area contributed by atoms with Gasteiger partial charge in [0.2, 0.25) is 0 Å². The van der Waals surface area contributed by atoms with E-state index < -0.39 is 23.3 Å². The van der Waals surface area contributed by atoms with Crippen molar-refractivity contribution in [1.82, 2.24) is 5.32 Å². The van der Waals surface area contributed by atoms with Crippen molar-refractivity contribution in [3.05, 3.63) is 28.0 Å². The molecule has 1 fully saturated rings. The van der Waals surface area contributed by atoms with Crippen LogP contribution in [0, 0.1) is 5.82 Å². The van der Waals surface area contributed by atoms with Gasteiger partial charge in [-0.05, 0) is 19.9 Å². The summed E-state index contributed by atoms with van der Waals surface area (Å²) in [6, 6.07) is 0.803. The normalized spacial score (nSPS) is 19.4. The highest BCUT2D eigenvalue weighted by Gasteiger charge is 2.32. The molecule has 1 N–H and O–H groups in total. The lowest BCUT2D eigenvalue weighted by Gasteiger charge is -2.20. The molecule has 0 radical (unpaired) electrons. The first kappa shape index (κ1) is 15.2. The Kier molecular flexibility index (Phi) is 4.60. The lowest BCUT2D eigenvalue weighted by atomic mass is 10.00. The van der Waals surface area contributed by atoms with Gasteiger partial charge in [-0.2, -0.15) is 0 Å². The van der Waals surface area contributed by atoms with E-state index in [1.54, 1.807) is 13.8 Å². The molecule has 0 bridgehead atoms. The third kappa shape index (κ3) is 2.79. The van der Waals surface area contributed by atoms with Gasteiger partial charge in [-0.25, -0.2) is 9.18 Å². The zero-order valence-corrected chi connectivity index (χ0v) is 12.5. The van der Waals surface area contributed by atoms with E-state index in [0.29, 0.717) is 17.9 Å². The number of halogens is 3. The lowest BCUT2D eigenvalue weighted by molar-refractivity contribution is 0.176. The minimum atomic E-state index is -0.642. The summed E-state index contributed by atoms with van der Waals surface area (Å²) in [5.74, 6) is -0.320. The number of nitrogens with one attached hydrogen (secondary N) is 1. The van der Waals surface area contributed by atoms with E-state index in [1.165, 1.54) is 6.07 Å². The zero-order valence-electron chi connectivity index (χ0n) is 11.0. The van der Waals surface area contributed by atoms with Crippen molar-refractivity contribution in [2.45, 2.75) is 25.3 Å². The van der Waals surface area contributed by atoms with Gasteiger partial charge in [0, 0.05) is 5.56 Å². The van der Waals surface area contributed by atoms with Crippen molar-refractivity contribution in [3.8, 4) is 5.75 Å². The lowest BCUT2D eigenvalue weighted by Crippen LogP contribution is -2.21. The number of rotatable bonds is 4. The first-order chi connectivity index (χ1) is 9.45. The van der Waals surface area contributed by atoms with E-state index >= 15 is 0 Å². The molecule has 0 aliphatic carbocycles. The van der Waals surface area contributed by atoms with Crippen LogP contribution in [0.4, 0.5) is 9.18 Å². The van der Waals surface area contributed by atoms with Gasteiger partial charge in [0.15, 0.2) is 5.82 Å². The summed E-state index contributed by atoms with van der Waals surface area (Å²) >= 11 is 12.0. The average molecular weight is 322 g/mol. The second kappa shape index (κ2) is 6.06. The topological polar surface area (TPSA) is 47.6 Å². The van der Waals surface area contributed by atoms with Gasteiger partial charge >= 0.3 is 6.09 Å². The van der Waals surface area contributed by atoms with Gasteiger partial charge in [0.1, 0.15) is 12.4 Å². The monoisotopic (exact) mass is 321 g/mol. The Morgan fingerprint density at radius 2 is 2.35 bits per heavy atom. The summed E-state index contributed by atoms with van der Waals surface area (Å²) in [5.41, 5.74) is 0.753. The maximum atomic E-state index is 14.3. The molecule has 1 aromatic rings. The average Bonchev–Trinajstić information content (AvgIpc) is 2.80. The van der Waals surface area contributed by atoms with E-state index in [9.17, 15) is 9.18 Å². The standard InChI is InChI=1S/C13H14Cl2FNO3/c1-3-19-12-7(6(2)14)4-8(15)11(16)10(12)9-5-20-13(18)17-9/h4,6,9H,3,5H2,1-2H3,(H,17,18). The molecule has 0 saturated carbocycles. The number of alkyl halides is 1. The van der Waals surface area contributed by atoms with Crippen molar-refractivity contribution in [2.24, 2.45) is 0 Å². The predicted octanol–water partition coefficient (Wildman–Crippen LogP) is 3.96. The summed E-state index contributed by atoms with van der Waals surface area (Å²) in [4.78, 5) is 11.2. The third-order valence-electron chi connectivity index (χ3n) is 2.97. The highest BCUT2D eigenvalue weighted by atomic mass is 35.5. The fraction of sp³-hybridized carbons (Fsp3) is 0.462. The van der Waals surface area contributed by atoms with Gasteiger partial charge in [-0.1, -0.05) is 11.6 Å². The van der Waals surface area contributed by atoms with Gasteiger partial charge in [-0.15, -0.1) is 11.6 Å². The van der Waals surface area contributed by atoms with Crippen LogP contribution in [0.1, 0.15) is 36.4 Å². The second-order valence-corrected chi connectivity index (χ2v) is 5.41. The van der Waals surface area contributed by atoms with Crippen LogP contribution in [0.25, 0.3) is 0 Å². The Bertz CT molecular complexity index is 537. The minimum Gasteiger partial charge on any atom is -0.493 e. The maximum Gasteiger partial charge on any atom is 0.407 e. The van der Waals surface area contributed by atoms with Gasteiger partial charge in [0.05, 0.1) is 28.6 Å². The van der Waals surface area contributed by atoms with Gasteiger partial charge in [-0.3, -0.25) is 0 Å². The molecule has 1 amide bonds. The summed E-state index contributed by atoms with van der Waals surface area (Å²) in [5, 5.41) is 2.05. The number of alkyl carbamates (subject to hydrolysis) is 1. The van der Waals surface area contributed by atoms with E-state index in [-0.39, 0.29) is 17.2 Å². The SMILES string of the molecule is CCOc1c(C(C)Cl)cc(Cl)c(F)c1C1COC(=O)N1. The van der Waals surface area contributed by atoms with Crippen molar-refractivity contribution >= 4 is 29.3 Å². The maximum absolute atomic E-state index is 14.3. The van der Waals surface area contributed by atoms with Crippen molar-refractivity contribution < 1.29 is 18.7 Å². The molecule has 20 heavy (non-hydrogen) atoms. The number of amides is 1. The van der Waals surface area contributed by atoms with Crippen LogP contribution < -0.4 is 10.1 Å². The third-order valence-corrected chi connectivity index (χ3v) is 3.48. The van der Waals surface area contributed by atoms with E-state index in [2.05, 4.69) is 5.32 Å². The summed E-state index contributed by atoms with van der Waals surface area (Å²) < 4.78 is 24.7. The molecular weight excluding hydrogens is 308 g/mol. The van der Waals surface area contributed by atoms with Crippen molar-refractivity contribution in [3.63, 3.8) is 0 Å². The molecule has 4 nitrogen and oxygen atoms in total. The first-order valence-electron chi connectivity index (χ1n) is 6.17. The van der Waals surface area contributed by atoms with E-state index in [4.69, 9.17) is 32.7 Å². The molecule has 2 atom stereocenters. The summed E-state index contributed by atoms with van der Waals surface area (Å²) in [6.07, 6.45) is -0.600. The first-order valence-corrected chi connectivity index (χ1v) is 6.99. The summed E-state index contributed by atoms with van der Waals surface area (Å²) in [6.45, 7) is 3.88. The number of cyclic esters (lactones) is 1.